The fraction of sp³-hybridized carbons (Fsp3) is 0.323. The van der Waals surface area contributed by atoms with Gasteiger partial charge in [0.05, 0.1) is 16.9 Å². The minimum atomic E-state index is -0.938. The van der Waals surface area contributed by atoms with E-state index in [2.05, 4.69) is 25.6 Å². The number of nitrogens with zero attached hydrogens (tertiary/aromatic N) is 4. The molecule has 1 aliphatic carbocycles. The van der Waals surface area contributed by atoms with Crippen LogP contribution in [-0.2, 0) is 4.79 Å². The molecule has 1 unspecified atom stereocenters. The number of carbonyl (C=O) groups is 2. The Bertz CT molecular complexity index is 1690. The molecule has 3 heterocycles. The third-order valence-corrected chi connectivity index (χ3v) is 8.01. The van der Waals surface area contributed by atoms with E-state index in [1.165, 1.54) is 11.0 Å². The lowest BCUT2D eigenvalue weighted by molar-refractivity contribution is -0.120. The van der Waals surface area contributed by atoms with Gasteiger partial charge in [-0.2, -0.15) is 0 Å². The second-order valence-electron chi connectivity index (χ2n) is 11.2. The number of pyridine rings is 1. The third-order valence-electron chi connectivity index (χ3n) is 8.01. The Morgan fingerprint density at radius 3 is 2.69 bits per heavy atom. The molecule has 216 valence electrons. The van der Waals surface area contributed by atoms with Crippen LogP contribution < -0.4 is 15.4 Å². The number of rotatable bonds is 7. The second kappa shape index (κ2) is 10.9. The predicted octanol–water partition coefficient (Wildman–Crippen LogP) is 6.22. The predicted molar refractivity (Wildman–Crippen MR) is 156 cm³/mol. The van der Waals surface area contributed by atoms with Crippen LogP contribution in [0.1, 0.15) is 38.2 Å². The van der Waals surface area contributed by atoms with Crippen LogP contribution in [0.5, 0.6) is 11.6 Å². The number of amides is 2. The van der Waals surface area contributed by atoms with Gasteiger partial charge >= 0.3 is 6.09 Å². The number of fused-ring (bicyclic) bond motifs is 1. The molecule has 2 aromatic heterocycles. The lowest BCUT2D eigenvalue weighted by Crippen LogP contribution is -2.44. The molecule has 6 rings (SSSR count). The lowest BCUT2D eigenvalue weighted by atomic mass is 10.0. The maximum atomic E-state index is 15.0. The summed E-state index contributed by atoms with van der Waals surface area (Å²) in [6.07, 6.45) is 5.42. The van der Waals surface area contributed by atoms with Gasteiger partial charge in [-0.3, -0.25) is 4.79 Å². The molecule has 1 saturated carbocycles. The smallest absolute Gasteiger partial charge is 0.407 e. The van der Waals surface area contributed by atoms with Crippen molar-refractivity contribution in [3.63, 3.8) is 0 Å². The zero-order valence-corrected chi connectivity index (χ0v) is 23.4. The van der Waals surface area contributed by atoms with E-state index in [9.17, 15) is 19.1 Å². The number of halogens is 1. The number of piperidine rings is 1. The number of likely N-dealkylation sites (tertiary alicyclic amines) is 1. The molecule has 3 N–H and O–H groups in total. The standard InChI is InChI=1S/C31H31FN6O4/c1-18-7-8-20-21(9-10-23(32)25(20)37-28(39)31(2)12-13-31)26(18)42-27-22(6-3-14-33-27)24-11-15-34-29(36-24)35-19-5-4-16-38(17-19)30(40)41/h3,6-11,14-15,19H,4-5,12-13,16-17H2,1-2H3,(H,37,39)(H,40,41)(H,34,35,36). The zero-order chi connectivity index (χ0) is 29.4. The van der Waals surface area contributed by atoms with Crippen molar-refractivity contribution in [3.8, 4) is 22.9 Å². The van der Waals surface area contributed by atoms with Crippen LogP contribution in [-0.4, -0.2) is 56.1 Å². The molecule has 10 nitrogen and oxygen atoms in total. The molecule has 1 atom stereocenters. The number of ether oxygens (including phenoxy) is 1. The van der Waals surface area contributed by atoms with Gasteiger partial charge in [0.25, 0.3) is 0 Å². The summed E-state index contributed by atoms with van der Waals surface area (Å²) < 4.78 is 21.4. The lowest BCUT2D eigenvalue weighted by Gasteiger charge is -2.31. The highest BCUT2D eigenvalue weighted by atomic mass is 19.1. The van der Waals surface area contributed by atoms with Crippen LogP contribution in [0.4, 0.5) is 20.8 Å². The highest BCUT2D eigenvalue weighted by Crippen LogP contribution is 2.47. The van der Waals surface area contributed by atoms with Crippen molar-refractivity contribution in [3.05, 3.63) is 66.2 Å². The van der Waals surface area contributed by atoms with E-state index in [1.54, 1.807) is 36.7 Å². The van der Waals surface area contributed by atoms with Gasteiger partial charge in [0.1, 0.15) is 11.6 Å². The number of anilines is 2. The van der Waals surface area contributed by atoms with Crippen molar-refractivity contribution in [1.29, 1.82) is 0 Å². The van der Waals surface area contributed by atoms with Crippen LogP contribution in [0.15, 0.2) is 54.9 Å². The van der Waals surface area contributed by atoms with E-state index < -0.39 is 17.3 Å². The highest BCUT2D eigenvalue weighted by molar-refractivity contribution is 6.06. The molecule has 2 aliphatic rings. The number of hydrogen-bond acceptors (Lipinski definition) is 7. The summed E-state index contributed by atoms with van der Waals surface area (Å²) in [5, 5.41) is 16.6. The summed E-state index contributed by atoms with van der Waals surface area (Å²) >= 11 is 0. The Hall–Kier alpha value is -4.80. The monoisotopic (exact) mass is 570 g/mol. The molecule has 2 aromatic carbocycles. The number of carboxylic acid groups (broad SMARTS) is 1. The number of benzene rings is 2. The van der Waals surface area contributed by atoms with Gasteiger partial charge in [-0.25, -0.2) is 24.1 Å². The Kier molecular flexibility index (Phi) is 7.09. The minimum absolute atomic E-state index is 0.106. The molecule has 2 amide bonds. The van der Waals surface area contributed by atoms with Gasteiger partial charge in [0.15, 0.2) is 0 Å². The average Bonchev–Trinajstić information content (AvgIpc) is 3.75. The number of hydrogen-bond donors (Lipinski definition) is 3. The highest BCUT2D eigenvalue weighted by Gasteiger charge is 2.45. The molecule has 11 heteroatoms. The number of carbonyl (C=O) groups excluding carboxylic acids is 1. The average molecular weight is 571 g/mol. The second-order valence-corrected chi connectivity index (χ2v) is 11.2. The van der Waals surface area contributed by atoms with E-state index >= 15 is 0 Å². The van der Waals surface area contributed by atoms with E-state index in [-0.39, 0.29) is 17.6 Å². The molecular weight excluding hydrogens is 539 g/mol. The topological polar surface area (TPSA) is 130 Å². The molecular formula is C31H31FN6O4. The van der Waals surface area contributed by atoms with Gasteiger partial charge in [0.2, 0.25) is 17.7 Å². The minimum Gasteiger partial charge on any atom is -0.465 e. The summed E-state index contributed by atoms with van der Waals surface area (Å²) in [5.41, 5.74) is 1.66. The summed E-state index contributed by atoms with van der Waals surface area (Å²) in [4.78, 5) is 39.1. The Morgan fingerprint density at radius 2 is 1.90 bits per heavy atom. The summed E-state index contributed by atoms with van der Waals surface area (Å²) in [6.45, 7) is 4.63. The fourth-order valence-electron chi connectivity index (χ4n) is 5.20. The maximum absolute atomic E-state index is 15.0. The first-order chi connectivity index (χ1) is 20.2. The van der Waals surface area contributed by atoms with Crippen molar-refractivity contribution in [2.75, 3.05) is 23.7 Å². The van der Waals surface area contributed by atoms with Crippen molar-refractivity contribution >= 4 is 34.4 Å². The van der Waals surface area contributed by atoms with Crippen LogP contribution >= 0.6 is 0 Å². The van der Waals surface area contributed by atoms with Gasteiger partial charge < -0.3 is 25.4 Å². The van der Waals surface area contributed by atoms with Gasteiger partial charge in [-0.05, 0) is 68.5 Å². The van der Waals surface area contributed by atoms with Gasteiger partial charge in [-0.15, -0.1) is 0 Å². The van der Waals surface area contributed by atoms with Crippen LogP contribution in [0.2, 0.25) is 0 Å². The van der Waals surface area contributed by atoms with Crippen LogP contribution in [0.3, 0.4) is 0 Å². The molecule has 2 fully saturated rings. The Morgan fingerprint density at radius 1 is 1.10 bits per heavy atom. The molecule has 0 spiro atoms. The van der Waals surface area contributed by atoms with Crippen LogP contribution in [0.25, 0.3) is 22.0 Å². The van der Waals surface area contributed by atoms with Crippen LogP contribution in [0, 0.1) is 18.2 Å². The first-order valence-corrected chi connectivity index (χ1v) is 14.0. The van der Waals surface area contributed by atoms with E-state index in [1.807, 2.05) is 26.0 Å². The third kappa shape index (κ3) is 5.41. The molecule has 1 saturated heterocycles. The quantitative estimate of drug-likeness (QED) is 0.239. The Balaban J connectivity index is 1.31. The number of aromatic nitrogens is 3. The maximum Gasteiger partial charge on any atom is 0.407 e. The molecule has 0 radical (unpaired) electrons. The van der Waals surface area contributed by atoms with Gasteiger partial charge in [0, 0.05) is 47.7 Å². The molecule has 1 aliphatic heterocycles. The summed E-state index contributed by atoms with van der Waals surface area (Å²) in [7, 11) is 0. The fourth-order valence-corrected chi connectivity index (χ4v) is 5.20. The van der Waals surface area contributed by atoms with Crippen molar-refractivity contribution in [1.82, 2.24) is 19.9 Å². The van der Waals surface area contributed by atoms with Gasteiger partial charge in [-0.1, -0.05) is 19.1 Å². The van der Waals surface area contributed by atoms with E-state index in [0.717, 1.165) is 31.2 Å². The van der Waals surface area contributed by atoms with Crippen molar-refractivity contribution < 1.29 is 23.8 Å². The first kappa shape index (κ1) is 27.4. The molecule has 0 bridgehead atoms. The van der Waals surface area contributed by atoms with Crippen molar-refractivity contribution in [2.24, 2.45) is 5.41 Å². The largest absolute Gasteiger partial charge is 0.465 e. The summed E-state index contributed by atoms with van der Waals surface area (Å²) in [5.74, 6) is 0.456. The van der Waals surface area contributed by atoms with Crippen molar-refractivity contribution in [2.45, 2.75) is 45.6 Å². The SMILES string of the molecule is Cc1ccc2c(NC(=O)C3(C)CC3)c(F)ccc2c1Oc1ncccc1-c1ccnc(NC2CCCN(C(=O)O)C2)n1. The Labute approximate surface area is 242 Å². The number of aryl methyl sites for hydroxylation is 1. The number of nitrogens with one attached hydrogen (secondary N) is 2. The molecule has 4 aromatic rings. The first-order valence-electron chi connectivity index (χ1n) is 14.0. The zero-order valence-electron chi connectivity index (χ0n) is 23.4. The normalized spacial score (nSPS) is 17.5. The summed E-state index contributed by atoms with van der Waals surface area (Å²) in [6, 6.07) is 11.8. The molecule has 42 heavy (non-hydrogen) atoms. The van der Waals surface area contributed by atoms with E-state index in [4.69, 9.17) is 4.74 Å². The van der Waals surface area contributed by atoms with E-state index in [0.29, 0.717) is 52.7 Å².